The Bertz CT molecular complexity index is 1180. The van der Waals surface area contributed by atoms with Crippen LogP contribution in [0.1, 0.15) is 23.3 Å². The Morgan fingerprint density at radius 1 is 1.24 bits per heavy atom. The van der Waals surface area contributed by atoms with Crippen molar-refractivity contribution in [1.82, 2.24) is 36.3 Å². The fraction of sp³-hybridized carbons (Fsp3) is 0.235. The van der Waals surface area contributed by atoms with E-state index in [0.29, 0.717) is 5.84 Å². The van der Waals surface area contributed by atoms with Crippen molar-refractivity contribution in [1.29, 1.82) is 0 Å². The first-order valence-corrected chi connectivity index (χ1v) is 9.68. The number of urea groups is 1. The smallest absolute Gasteiger partial charge is 0.326 e. The number of pyridine rings is 1. The molecule has 0 saturated heterocycles. The molecule has 1 atom stereocenters. The van der Waals surface area contributed by atoms with Gasteiger partial charge in [0.05, 0.1) is 11.9 Å². The van der Waals surface area contributed by atoms with Crippen LogP contribution < -0.4 is 43.9 Å². The number of hydrogen-bond donors (Lipinski definition) is 9. The molecule has 0 saturated carbocycles. The number of carbonyl (C=O) groups excluding carboxylic acids is 2. The molecule has 3 amide bonds. The highest BCUT2D eigenvalue weighted by Gasteiger charge is 2.23. The maximum Gasteiger partial charge on any atom is 0.326 e. The highest BCUT2D eigenvalue weighted by molar-refractivity contribution is 6.01. The molecule has 11 N–H and O–H groups in total. The van der Waals surface area contributed by atoms with Crippen LogP contribution in [0, 0.1) is 0 Å². The number of aliphatic carboxylic acids is 1. The van der Waals surface area contributed by atoms with Gasteiger partial charge in [-0.15, -0.1) is 10.2 Å². The van der Waals surface area contributed by atoms with E-state index in [1.165, 1.54) is 23.4 Å². The Balaban J connectivity index is 1.56. The second-order valence-corrected chi connectivity index (χ2v) is 6.95. The van der Waals surface area contributed by atoms with Crippen LogP contribution in [0.3, 0.4) is 0 Å². The zero-order valence-corrected chi connectivity index (χ0v) is 17.7. The van der Waals surface area contributed by atoms with E-state index in [1.807, 2.05) is 0 Å². The second-order valence-electron chi connectivity index (χ2n) is 6.95. The normalized spacial score (nSPS) is 13.7. The molecule has 180 valence electrons. The molecular weight excluding hydrogens is 452 g/mol. The summed E-state index contributed by atoms with van der Waals surface area (Å²) in [7, 11) is 1.69. The number of carbonyl (C=O) groups is 3. The van der Waals surface area contributed by atoms with Crippen molar-refractivity contribution < 1.29 is 19.5 Å². The number of hydrazine groups is 2. The fourth-order valence-corrected chi connectivity index (χ4v) is 2.77. The van der Waals surface area contributed by atoms with Gasteiger partial charge in [-0.1, -0.05) is 0 Å². The number of rotatable bonds is 8. The van der Waals surface area contributed by atoms with Crippen molar-refractivity contribution in [2.45, 2.75) is 18.9 Å². The van der Waals surface area contributed by atoms with Gasteiger partial charge >= 0.3 is 12.0 Å². The van der Waals surface area contributed by atoms with E-state index < -0.39 is 29.5 Å². The van der Waals surface area contributed by atoms with Crippen molar-refractivity contribution in [2.24, 2.45) is 5.10 Å². The number of carboxylic acids is 1. The number of nitrogens with two attached hydrogens (primary N) is 2. The van der Waals surface area contributed by atoms with E-state index in [-0.39, 0.29) is 41.7 Å². The van der Waals surface area contributed by atoms with Gasteiger partial charge in [0.1, 0.15) is 17.6 Å². The van der Waals surface area contributed by atoms with Crippen LogP contribution in [-0.2, 0) is 4.79 Å². The third kappa shape index (κ3) is 6.07. The van der Waals surface area contributed by atoms with Gasteiger partial charge in [0.2, 0.25) is 5.95 Å². The summed E-state index contributed by atoms with van der Waals surface area (Å²) in [5, 5.41) is 21.9. The lowest BCUT2D eigenvalue weighted by Crippen LogP contribution is -2.42. The number of amides is 3. The second kappa shape index (κ2) is 10.1. The molecule has 1 aliphatic rings. The van der Waals surface area contributed by atoms with Gasteiger partial charge in [0.25, 0.3) is 11.5 Å². The minimum atomic E-state index is -1.21. The van der Waals surface area contributed by atoms with Gasteiger partial charge in [-0.2, -0.15) is 4.98 Å². The van der Waals surface area contributed by atoms with E-state index in [0.717, 1.165) is 0 Å². The quantitative estimate of drug-likeness (QED) is 0.205. The zero-order valence-electron chi connectivity index (χ0n) is 17.7. The molecule has 1 aliphatic heterocycles. The molecule has 0 unspecified atom stereocenters. The number of anilines is 4. The molecule has 0 spiro atoms. The Morgan fingerprint density at radius 3 is 2.59 bits per heavy atom. The minimum Gasteiger partial charge on any atom is -0.480 e. The first kappa shape index (κ1) is 23.7. The highest BCUT2D eigenvalue weighted by atomic mass is 16.4. The van der Waals surface area contributed by atoms with E-state index in [2.05, 4.69) is 47.0 Å². The number of hydrazone groups is 1. The lowest BCUT2D eigenvalue weighted by atomic mass is 10.1. The van der Waals surface area contributed by atoms with Crippen molar-refractivity contribution in [2.75, 3.05) is 29.1 Å². The van der Waals surface area contributed by atoms with Gasteiger partial charge < -0.3 is 27.2 Å². The number of nitrogen functional groups attached to an aromatic ring is 2. The van der Waals surface area contributed by atoms with Crippen LogP contribution in [0.4, 0.5) is 27.9 Å². The molecule has 0 aromatic carbocycles. The van der Waals surface area contributed by atoms with Gasteiger partial charge in [-0.3, -0.25) is 25.3 Å². The molecule has 0 fully saturated rings. The maximum absolute atomic E-state index is 12.4. The van der Waals surface area contributed by atoms with Crippen LogP contribution >= 0.6 is 0 Å². The predicted octanol–water partition coefficient (Wildman–Crippen LogP) is -1.80. The average Bonchev–Trinajstić information content (AvgIpc) is 3.19. The number of aromatic amines is 1. The Morgan fingerprint density at radius 2 is 2.00 bits per heavy atom. The molecule has 3 rings (SSSR count). The number of carboxylic acid groups (broad SMARTS) is 1. The van der Waals surface area contributed by atoms with Crippen LogP contribution in [-0.4, -0.2) is 62.0 Å². The van der Waals surface area contributed by atoms with Crippen molar-refractivity contribution in [3.63, 3.8) is 0 Å². The largest absolute Gasteiger partial charge is 0.480 e. The lowest BCUT2D eigenvalue weighted by Gasteiger charge is -2.15. The predicted molar refractivity (Wildman–Crippen MR) is 120 cm³/mol. The number of hydrogen-bond acceptors (Lipinski definition) is 12. The summed E-state index contributed by atoms with van der Waals surface area (Å²) in [6, 6.07) is 0.657. The van der Waals surface area contributed by atoms with Crippen LogP contribution in [0.5, 0.6) is 0 Å². The summed E-state index contributed by atoms with van der Waals surface area (Å²) in [5.74, 6) is -1.88. The molecule has 0 aliphatic carbocycles. The van der Waals surface area contributed by atoms with Crippen molar-refractivity contribution in [3.8, 4) is 0 Å². The maximum atomic E-state index is 12.4. The SMILES string of the molecule is CN1NN=C(CC[C@H](NC(=O)c2ccc(NC(=O)Nc3c(N)nc(N)[nH]c3=O)cn2)C(=O)O)N1. The first-order valence-electron chi connectivity index (χ1n) is 9.68. The summed E-state index contributed by atoms with van der Waals surface area (Å²) in [6.45, 7) is 0. The molecular formula is C17H22N12O5. The molecule has 0 bridgehead atoms. The van der Waals surface area contributed by atoms with Crippen LogP contribution in [0.2, 0.25) is 0 Å². The molecule has 17 nitrogen and oxygen atoms in total. The summed E-state index contributed by atoms with van der Waals surface area (Å²) >= 11 is 0. The summed E-state index contributed by atoms with van der Waals surface area (Å²) in [4.78, 5) is 57.6. The van der Waals surface area contributed by atoms with Crippen molar-refractivity contribution >= 4 is 46.9 Å². The number of nitrogens with one attached hydrogen (secondary N) is 6. The Hall–Kier alpha value is -4.93. The van der Waals surface area contributed by atoms with Gasteiger partial charge in [0, 0.05) is 13.5 Å². The molecule has 17 heteroatoms. The minimum absolute atomic E-state index is 0.0710. The van der Waals surface area contributed by atoms with Gasteiger partial charge in [-0.25, -0.2) is 20.1 Å². The fourth-order valence-electron chi connectivity index (χ4n) is 2.77. The highest BCUT2D eigenvalue weighted by Crippen LogP contribution is 2.12. The average molecular weight is 474 g/mol. The monoisotopic (exact) mass is 474 g/mol. The zero-order chi connectivity index (χ0) is 24.8. The summed E-state index contributed by atoms with van der Waals surface area (Å²) < 4.78 is 0. The first-order chi connectivity index (χ1) is 16.1. The standard InChI is InChI=1S/C17H22N12O5/c1-29-27-10(26-28-29)5-4-9(15(32)33)22-13(30)8-3-2-7(6-20-8)21-17(34)23-11-12(18)24-16(19)25-14(11)31/h2-3,6,9,28H,4-5H2,1H3,(H,22,30)(H,26,27)(H,32,33)(H2,21,23,34)(H5,18,19,24,25,31)/t9-/m0/s1. The summed E-state index contributed by atoms with van der Waals surface area (Å²) in [6.07, 6.45) is 1.54. The number of H-pyrrole nitrogens is 1. The molecule has 34 heavy (non-hydrogen) atoms. The molecule has 0 radical (unpaired) electrons. The van der Waals surface area contributed by atoms with Crippen molar-refractivity contribution in [3.05, 3.63) is 34.4 Å². The van der Waals surface area contributed by atoms with Gasteiger partial charge in [-0.05, 0) is 18.6 Å². The van der Waals surface area contributed by atoms with Gasteiger partial charge in [0.15, 0.2) is 11.5 Å². The molecule has 2 aromatic rings. The van der Waals surface area contributed by atoms with Crippen LogP contribution in [0.25, 0.3) is 0 Å². The number of aromatic nitrogens is 3. The number of amidine groups is 1. The molecule has 2 aromatic heterocycles. The summed E-state index contributed by atoms with van der Waals surface area (Å²) in [5.41, 5.74) is 15.5. The van der Waals surface area contributed by atoms with E-state index >= 15 is 0 Å². The lowest BCUT2D eigenvalue weighted by molar-refractivity contribution is -0.139. The third-order valence-electron chi connectivity index (χ3n) is 4.36. The Kier molecular flexibility index (Phi) is 7.07. The topological polar surface area (TPSA) is 258 Å². The molecule has 3 heterocycles. The Labute approximate surface area is 190 Å². The van der Waals surface area contributed by atoms with E-state index in [9.17, 15) is 24.3 Å². The van der Waals surface area contributed by atoms with Crippen LogP contribution in [0.15, 0.2) is 28.2 Å². The van der Waals surface area contributed by atoms with E-state index in [4.69, 9.17) is 11.5 Å². The third-order valence-corrected chi connectivity index (χ3v) is 4.36. The number of nitrogens with zero attached hydrogens (tertiary/aromatic N) is 4. The van der Waals surface area contributed by atoms with E-state index in [1.54, 1.807) is 7.05 Å².